The summed E-state index contributed by atoms with van der Waals surface area (Å²) in [5.41, 5.74) is 0.293. The Bertz CT molecular complexity index is 539. The fraction of sp³-hybridized carbons (Fsp3) is 0.400. The van der Waals surface area contributed by atoms with Gasteiger partial charge >= 0.3 is 0 Å². The second kappa shape index (κ2) is 5.75. The van der Waals surface area contributed by atoms with Crippen LogP contribution in [0.1, 0.15) is 5.56 Å². The molecule has 0 spiro atoms. The maximum Gasteiger partial charge on any atom is 0.290 e. The van der Waals surface area contributed by atoms with Gasteiger partial charge in [0.2, 0.25) is 8.79 Å². The van der Waals surface area contributed by atoms with Crippen LogP contribution in [0.3, 0.4) is 0 Å². The van der Waals surface area contributed by atoms with Gasteiger partial charge in [0, 0.05) is 0 Å². The van der Waals surface area contributed by atoms with E-state index < -0.39 is 19.1 Å². The Labute approximate surface area is 161 Å². The van der Waals surface area contributed by atoms with Crippen molar-refractivity contribution in [2.75, 3.05) is 0 Å². The van der Waals surface area contributed by atoms with Crippen LogP contribution in [-0.2, 0) is 5.00 Å². The second-order valence-electron chi connectivity index (χ2n) is 4.22. The van der Waals surface area contributed by atoms with Gasteiger partial charge in [0.05, 0.1) is 0 Å². The molecule has 1 saturated heterocycles. The summed E-state index contributed by atoms with van der Waals surface area (Å²) in [6.07, 6.45) is 0. The van der Waals surface area contributed by atoms with Crippen LogP contribution in [0, 0.1) is 0 Å². The Balaban J connectivity index is 2.74. The summed E-state index contributed by atoms with van der Waals surface area (Å²) >= 11 is 49.0. The molecule has 1 aliphatic rings. The highest BCUT2D eigenvalue weighted by Gasteiger charge is 2.76. The van der Waals surface area contributed by atoms with Gasteiger partial charge in [-0.25, -0.2) is 0 Å². The fourth-order valence-electron chi connectivity index (χ4n) is 1.85. The lowest BCUT2D eigenvalue weighted by atomic mass is 10.00. The van der Waals surface area contributed by atoms with E-state index in [1.807, 2.05) is 0 Å². The first-order valence-corrected chi connectivity index (χ1v) is 8.19. The fourth-order valence-corrected chi connectivity index (χ4v) is 4.49. The van der Waals surface area contributed by atoms with E-state index in [9.17, 15) is 5.11 Å². The van der Waals surface area contributed by atoms with Gasteiger partial charge in [-0.1, -0.05) is 99.9 Å². The smallest absolute Gasteiger partial charge is 0.290 e. The van der Waals surface area contributed by atoms with Crippen molar-refractivity contribution in [3.63, 3.8) is 0 Å². The zero-order valence-corrected chi connectivity index (χ0v) is 15.8. The standard InChI is InChI=1S/C10H6Cl8N2O/c11-7(6-4-2-1-3-5-6)8(12,13)9(14,15)20(18)10(16,21)19(7)17/h1-5,21H. The number of rotatable bonds is 1. The number of hydrogen-bond donors (Lipinski definition) is 1. The molecule has 11 heteroatoms. The van der Waals surface area contributed by atoms with Crippen LogP contribution in [0.2, 0.25) is 0 Å². The third kappa shape index (κ3) is 2.45. The molecule has 0 saturated carbocycles. The van der Waals surface area contributed by atoms with Crippen molar-refractivity contribution in [2.24, 2.45) is 0 Å². The summed E-state index contributed by atoms with van der Waals surface area (Å²) in [6.45, 7) is 0. The van der Waals surface area contributed by atoms with Crippen molar-refractivity contribution in [2.45, 2.75) is 19.1 Å². The normalized spacial score (nSPS) is 36.6. The topological polar surface area (TPSA) is 26.7 Å². The number of alkyl halides is 6. The van der Waals surface area contributed by atoms with Gasteiger partial charge in [-0.2, -0.15) is 0 Å². The number of aliphatic hydroxyl groups is 1. The zero-order valence-electron chi connectivity index (χ0n) is 9.75. The van der Waals surface area contributed by atoms with Crippen molar-refractivity contribution in [1.29, 1.82) is 0 Å². The Hall–Kier alpha value is 1.42. The van der Waals surface area contributed by atoms with E-state index in [4.69, 9.17) is 93.2 Å². The SMILES string of the molecule is OC1(Cl)N(Cl)C(Cl)(Cl)C(Cl)(Cl)C(Cl)(c2ccccc2)N1Cl. The third-order valence-corrected chi connectivity index (χ3v) is 7.97. The van der Waals surface area contributed by atoms with Crippen molar-refractivity contribution in [1.82, 2.24) is 8.84 Å². The average Bonchev–Trinajstić information content (AvgIpc) is 2.44. The predicted octanol–water partition coefficient (Wildman–Crippen LogP) is 5.15. The van der Waals surface area contributed by atoms with Crippen LogP contribution in [-0.4, -0.2) is 28.0 Å². The first-order valence-electron chi connectivity index (χ1n) is 5.25. The van der Waals surface area contributed by atoms with Gasteiger partial charge in [0.25, 0.3) is 5.31 Å². The van der Waals surface area contributed by atoms with Crippen molar-refractivity contribution in [3.8, 4) is 0 Å². The molecule has 118 valence electrons. The van der Waals surface area contributed by atoms with E-state index in [0.717, 1.165) is 0 Å². The maximum absolute atomic E-state index is 10.3. The first kappa shape index (κ1) is 18.8. The molecule has 2 atom stereocenters. The van der Waals surface area contributed by atoms with Crippen LogP contribution >= 0.6 is 93.2 Å². The summed E-state index contributed by atoms with van der Waals surface area (Å²) in [5, 5.41) is 7.69. The van der Waals surface area contributed by atoms with E-state index in [1.165, 1.54) is 0 Å². The molecule has 0 aromatic heterocycles. The highest BCUT2D eigenvalue weighted by atomic mass is 35.5. The maximum atomic E-state index is 10.3. The number of hydrogen-bond acceptors (Lipinski definition) is 3. The van der Waals surface area contributed by atoms with Crippen LogP contribution in [0.5, 0.6) is 0 Å². The lowest BCUT2D eigenvalue weighted by Crippen LogP contribution is -2.75. The monoisotopic (exact) mass is 450 g/mol. The number of halogens is 8. The van der Waals surface area contributed by atoms with E-state index in [2.05, 4.69) is 0 Å². The summed E-state index contributed by atoms with van der Waals surface area (Å²) in [7, 11) is 0. The van der Waals surface area contributed by atoms with Gasteiger partial charge in [0.15, 0.2) is 5.00 Å². The van der Waals surface area contributed by atoms with Crippen LogP contribution in [0.4, 0.5) is 0 Å². The summed E-state index contributed by atoms with van der Waals surface area (Å²) in [6, 6.07) is 8.15. The largest absolute Gasteiger partial charge is 0.348 e. The highest BCUT2D eigenvalue weighted by Crippen LogP contribution is 2.66. The van der Waals surface area contributed by atoms with Crippen LogP contribution in [0.15, 0.2) is 30.3 Å². The summed E-state index contributed by atoms with van der Waals surface area (Å²) < 4.78 is -3.57. The van der Waals surface area contributed by atoms with E-state index >= 15 is 0 Å². The van der Waals surface area contributed by atoms with Gasteiger partial charge < -0.3 is 5.11 Å². The molecule has 1 aromatic rings. The van der Waals surface area contributed by atoms with Crippen molar-refractivity contribution >= 4 is 93.2 Å². The second-order valence-corrected chi connectivity index (χ2v) is 8.56. The molecule has 0 radical (unpaired) electrons. The molecule has 1 aromatic carbocycles. The highest BCUT2D eigenvalue weighted by molar-refractivity contribution is 6.66. The molecule has 0 aliphatic carbocycles. The minimum atomic E-state index is -2.57. The third-order valence-electron chi connectivity index (χ3n) is 2.97. The Morgan fingerprint density at radius 3 is 1.76 bits per heavy atom. The van der Waals surface area contributed by atoms with E-state index in [1.54, 1.807) is 30.3 Å². The molecule has 1 fully saturated rings. The molecule has 2 unspecified atom stereocenters. The molecule has 0 bridgehead atoms. The number of nitrogens with zero attached hydrogens (tertiary/aromatic N) is 2. The summed E-state index contributed by atoms with van der Waals surface area (Å²) in [5.74, 6) is 0. The van der Waals surface area contributed by atoms with Gasteiger partial charge in [0.1, 0.15) is 0 Å². The van der Waals surface area contributed by atoms with E-state index in [-0.39, 0.29) is 0 Å². The van der Waals surface area contributed by atoms with Gasteiger partial charge in [-0.15, -0.1) is 8.84 Å². The number of benzene rings is 1. The first-order chi connectivity index (χ1) is 9.41. The molecule has 1 heterocycles. The molecule has 21 heavy (non-hydrogen) atoms. The zero-order chi connectivity index (χ0) is 16.3. The van der Waals surface area contributed by atoms with Gasteiger partial charge in [-0.05, 0) is 29.1 Å². The van der Waals surface area contributed by atoms with E-state index in [0.29, 0.717) is 14.4 Å². The quantitative estimate of drug-likeness (QED) is 0.362. The minimum absolute atomic E-state index is 0.293. The summed E-state index contributed by atoms with van der Waals surface area (Å²) in [4.78, 5) is -2.00. The molecule has 3 nitrogen and oxygen atoms in total. The lowest BCUT2D eigenvalue weighted by Gasteiger charge is -2.58. The molecular weight excluding hydrogens is 448 g/mol. The van der Waals surface area contributed by atoms with Crippen LogP contribution < -0.4 is 0 Å². The molecular formula is C10H6Cl8N2O. The van der Waals surface area contributed by atoms with Crippen LogP contribution in [0.25, 0.3) is 0 Å². The molecule has 2 rings (SSSR count). The van der Waals surface area contributed by atoms with Crippen molar-refractivity contribution in [3.05, 3.63) is 35.9 Å². The molecule has 0 amide bonds. The molecule has 1 aliphatic heterocycles. The van der Waals surface area contributed by atoms with Gasteiger partial charge in [-0.3, -0.25) is 0 Å². The lowest BCUT2D eigenvalue weighted by molar-refractivity contribution is -0.144. The Morgan fingerprint density at radius 2 is 1.29 bits per heavy atom. The average molecular weight is 454 g/mol. The molecule has 1 N–H and O–H groups in total. The Kier molecular flexibility index (Phi) is 5.13. The minimum Gasteiger partial charge on any atom is -0.348 e. The Morgan fingerprint density at radius 1 is 0.810 bits per heavy atom. The predicted molar refractivity (Wildman–Crippen MR) is 89.0 cm³/mol. The van der Waals surface area contributed by atoms with Crippen molar-refractivity contribution < 1.29 is 5.11 Å².